The van der Waals surface area contributed by atoms with Crippen LogP contribution < -0.4 is 0 Å². The smallest absolute Gasteiger partial charge is 0.166 e. The van der Waals surface area contributed by atoms with Crippen molar-refractivity contribution < 1.29 is 13.2 Å². The lowest BCUT2D eigenvalue weighted by Gasteiger charge is -2.03. The molecule has 0 heterocycles. The highest BCUT2D eigenvalue weighted by atomic mass is 32.1. The summed E-state index contributed by atoms with van der Waals surface area (Å²) in [4.78, 5) is -0.961. The van der Waals surface area contributed by atoms with Gasteiger partial charge >= 0.3 is 6.18 Å². The monoisotopic (exact) mass is 172 g/mol. The van der Waals surface area contributed by atoms with E-state index in [0.29, 0.717) is 0 Å². The molecule has 0 amide bonds. The Kier molecular flexibility index (Phi) is 3.21. The number of halogens is 3. The van der Waals surface area contributed by atoms with Crippen LogP contribution in [0.15, 0.2) is 0 Å². The summed E-state index contributed by atoms with van der Waals surface area (Å²) in [5.41, 5.74) is 0. The number of alkyl halides is 3. The largest absolute Gasteiger partial charge is 0.422 e. The van der Waals surface area contributed by atoms with E-state index in [1.807, 2.05) is 0 Å². The summed E-state index contributed by atoms with van der Waals surface area (Å²) >= 11 is 8.15. The van der Waals surface area contributed by atoms with Crippen molar-refractivity contribution in [3.8, 4) is 0 Å². The third kappa shape index (κ3) is 3.53. The van der Waals surface area contributed by atoms with Crippen molar-refractivity contribution in [3.05, 3.63) is 0 Å². The molecule has 0 radical (unpaired) electrons. The van der Waals surface area contributed by atoms with Gasteiger partial charge in [-0.2, -0.15) is 13.2 Å². The molecule has 0 fully saturated rings. The van der Waals surface area contributed by atoms with Crippen molar-refractivity contribution in [1.82, 2.24) is 0 Å². The molecule has 0 saturated carbocycles. The molecule has 0 saturated heterocycles. The van der Waals surface area contributed by atoms with Crippen LogP contribution in [0.1, 0.15) is 6.42 Å². The summed E-state index contributed by atoms with van der Waals surface area (Å²) in [6.07, 6.45) is -4.70. The van der Waals surface area contributed by atoms with Crippen LogP contribution in [0.5, 0.6) is 0 Å². The molecule has 0 N–H and O–H groups in total. The van der Waals surface area contributed by atoms with E-state index in [4.69, 9.17) is 0 Å². The van der Waals surface area contributed by atoms with E-state index >= 15 is 0 Å². The molecule has 0 aromatic carbocycles. The molecule has 5 heteroatoms. The van der Waals surface area contributed by atoms with Gasteiger partial charge in [-0.05, 0) is 5.37 Å². The van der Waals surface area contributed by atoms with Gasteiger partial charge in [0.05, 0.1) is 0 Å². The molecule has 0 spiro atoms. The molecular formula is C4H3F3S2. The highest BCUT2D eigenvalue weighted by Gasteiger charge is 2.32. The first kappa shape index (κ1) is 8.97. The molecule has 0 bridgehead atoms. The quantitative estimate of drug-likeness (QED) is 0.586. The van der Waals surface area contributed by atoms with Gasteiger partial charge in [-0.1, -0.05) is 24.4 Å². The van der Waals surface area contributed by atoms with E-state index in [9.17, 15) is 13.2 Å². The predicted octanol–water partition coefficient (Wildman–Crippen LogP) is 2.31. The van der Waals surface area contributed by atoms with Crippen LogP contribution in [0.25, 0.3) is 0 Å². The van der Waals surface area contributed by atoms with Gasteiger partial charge in [0.1, 0.15) is 4.86 Å². The highest BCUT2D eigenvalue weighted by molar-refractivity contribution is 7.81. The van der Waals surface area contributed by atoms with Crippen molar-refractivity contribution in [2.24, 2.45) is 0 Å². The van der Waals surface area contributed by atoms with E-state index in [0.717, 1.165) is 5.37 Å². The molecule has 0 unspecified atom stereocenters. The second-order valence-electron chi connectivity index (χ2n) is 1.29. The Balaban J connectivity index is 3.88. The molecule has 0 atom stereocenters. The van der Waals surface area contributed by atoms with Crippen LogP contribution in [0.2, 0.25) is 0 Å². The summed E-state index contributed by atoms with van der Waals surface area (Å²) in [6, 6.07) is 0. The second kappa shape index (κ2) is 3.22. The fraction of sp³-hybridized carbons (Fsp3) is 0.500. The van der Waals surface area contributed by atoms with E-state index < -0.39 is 11.0 Å². The molecule has 0 aromatic heterocycles. The van der Waals surface area contributed by atoms with Crippen LogP contribution in [-0.4, -0.2) is 16.4 Å². The van der Waals surface area contributed by atoms with Crippen molar-refractivity contribution in [3.63, 3.8) is 0 Å². The summed E-state index contributed by atoms with van der Waals surface area (Å²) in [5.74, 6) is 0. The van der Waals surface area contributed by atoms with Gasteiger partial charge in [0.2, 0.25) is 0 Å². The first-order valence-electron chi connectivity index (χ1n) is 2.02. The van der Waals surface area contributed by atoms with E-state index in [-0.39, 0.29) is 6.42 Å². The lowest BCUT2D eigenvalue weighted by atomic mass is 10.3. The Morgan fingerprint density at radius 1 is 1.44 bits per heavy atom. The number of rotatable bonds is 2. The molecule has 52 valence electrons. The first-order chi connectivity index (χ1) is 3.98. The average molecular weight is 172 g/mol. The fourth-order valence-corrected chi connectivity index (χ4v) is 0.547. The Hall–Kier alpha value is -0.0300. The van der Waals surface area contributed by atoms with Crippen molar-refractivity contribution >= 4 is 34.7 Å². The van der Waals surface area contributed by atoms with Gasteiger partial charge in [-0.3, -0.25) is 0 Å². The van der Waals surface area contributed by atoms with Gasteiger partial charge < -0.3 is 0 Å². The van der Waals surface area contributed by atoms with Gasteiger partial charge in [-0.25, -0.2) is 0 Å². The highest BCUT2D eigenvalue weighted by Crippen LogP contribution is 2.18. The molecular weight excluding hydrogens is 169 g/mol. The molecule has 0 aliphatic carbocycles. The minimum absolute atomic E-state index is 0.339. The number of hydrogen-bond donors (Lipinski definition) is 0. The van der Waals surface area contributed by atoms with Gasteiger partial charge in [0.15, 0.2) is 0 Å². The van der Waals surface area contributed by atoms with Gasteiger partial charge in [-0.15, -0.1) is 0 Å². The van der Waals surface area contributed by atoms with E-state index in [2.05, 4.69) is 24.4 Å². The molecule has 0 aromatic rings. The Morgan fingerprint density at radius 3 is 2.00 bits per heavy atom. The topological polar surface area (TPSA) is 0 Å². The molecule has 0 rings (SSSR count). The zero-order valence-corrected chi connectivity index (χ0v) is 5.87. The molecule has 0 nitrogen and oxygen atoms in total. The molecule has 9 heavy (non-hydrogen) atoms. The van der Waals surface area contributed by atoms with Crippen molar-refractivity contribution in [2.45, 2.75) is 12.6 Å². The van der Waals surface area contributed by atoms with Gasteiger partial charge in [0.25, 0.3) is 0 Å². The SMILES string of the molecule is FC(F)(F)C(=S)CC=S. The van der Waals surface area contributed by atoms with Crippen LogP contribution >= 0.6 is 24.4 Å². The maximum Gasteiger partial charge on any atom is 0.422 e. The lowest BCUT2D eigenvalue weighted by molar-refractivity contribution is -0.0571. The summed E-state index contributed by atoms with van der Waals surface area (Å²) in [6.45, 7) is 0. The van der Waals surface area contributed by atoms with Crippen molar-refractivity contribution in [1.29, 1.82) is 0 Å². The fourth-order valence-electron chi connectivity index (χ4n) is 0.191. The maximum absolute atomic E-state index is 11.4. The second-order valence-corrected chi connectivity index (χ2v) is 2.12. The summed E-state index contributed by atoms with van der Waals surface area (Å²) < 4.78 is 34.3. The van der Waals surface area contributed by atoms with Crippen LogP contribution in [0.3, 0.4) is 0 Å². The Morgan fingerprint density at radius 2 is 1.89 bits per heavy atom. The predicted molar refractivity (Wildman–Crippen MR) is 36.9 cm³/mol. The third-order valence-electron chi connectivity index (χ3n) is 0.585. The lowest BCUT2D eigenvalue weighted by Crippen LogP contribution is -2.20. The molecule has 0 aliphatic rings. The molecule has 0 aliphatic heterocycles. The van der Waals surface area contributed by atoms with Crippen LogP contribution in [0, 0.1) is 0 Å². The summed E-state index contributed by atoms with van der Waals surface area (Å²) in [7, 11) is 0. The standard InChI is InChI=1S/C4H3F3S2/c5-4(6,7)3(9)1-2-8/h2H,1H2. The zero-order valence-electron chi connectivity index (χ0n) is 4.23. The maximum atomic E-state index is 11.4. The van der Waals surface area contributed by atoms with Gasteiger partial charge in [0, 0.05) is 6.42 Å². The third-order valence-corrected chi connectivity index (χ3v) is 1.15. The normalized spacial score (nSPS) is 11.0. The van der Waals surface area contributed by atoms with E-state index in [1.54, 1.807) is 0 Å². The Bertz CT molecular complexity index is 126. The van der Waals surface area contributed by atoms with Crippen LogP contribution in [-0.2, 0) is 0 Å². The minimum Gasteiger partial charge on any atom is -0.166 e. The first-order valence-corrected chi connectivity index (χ1v) is 2.90. The van der Waals surface area contributed by atoms with Crippen LogP contribution in [0.4, 0.5) is 13.2 Å². The minimum atomic E-state index is -4.36. The number of thiocarbonyl (C=S) groups is 2. The average Bonchev–Trinajstić information content (AvgIpc) is 1.64. The van der Waals surface area contributed by atoms with E-state index in [1.165, 1.54) is 0 Å². The Labute approximate surface area is 61.0 Å². The summed E-state index contributed by atoms with van der Waals surface area (Å²) in [5, 5.41) is 0.968. The number of hydrogen-bond acceptors (Lipinski definition) is 2. The zero-order chi connectivity index (χ0) is 7.49. The van der Waals surface area contributed by atoms with Crippen molar-refractivity contribution in [2.75, 3.05) is 0 Å².